The molecule has 0 saturated carbocycles. The molecule has 6 heteroatoms. The van der Waals surface area contributed by atoms with E-state index in [1.807, 2.05) is 0 Å². The molecule has 124 valence electrons. The van der Waals surface area contributed by atoms with Crippen LogP contribution in [0.1, 0.15) is 29.8 Å². The molecule has 5 nitrogen and oxygen atoms in total. The van der Waals surface area contributed by atoms with E-state index < -0.39 is 17.4 Å². The molecule has 0 saturated heterocycles. The SMILES string of the molecule is CC1(C)Oc2ccc(F)cc2N(Cc2cccc(C(=O)O)c2)C1=O. The van der Waals surface area contributed by atoms with E-state index in [0.717, 1.165) is 0 Å². The Morgan fingerprint density at radius 2 is 2.00 bits per heavy atom. The maximum absolute atomic E-state index is 13.6. The lowest BCUT2D eigenvalue weighted by Gasteiger charge is -2.38. The molecule has 0 bridgehead atoms. The number of rotatable bonds is 3. The van der Waals surface area contributed by atoms with E-state index in [1.54, 1.807) is 26.0 Å². The summed E-state index contributed by atoms with van der Waals surface area (Å²) in [5.74, 6) is -1.43. The van der Waals surface area contributed by atoms with E-state index in [1.165, 1.54) is 35.2 Å². The first-order valence-corrected chi connectivity index (χ1v) is 7.41. The first kappa shape index (κ1) is 16.0. The van der Waals surface area contributed by atoms with Crippen molar-refractivity contribution in [3.63, 3.8) is 0 Å². The Hall–Kier alpha value is -2.89. The van der Waals surface area contributed by atoms with Crippen LogP contribution in [0.2, 0.25) is 0 Å². The molecule has 24 heavy (non-hydrogen) atoms. The number of carboxylic acids is 1. The number of halogens is 1. The topological polar surface area (TPSA) is 66.8 Å². The van der Waals surface area contributed by atoms with Crippen LogP contribution in [0.5, 0.6) is 5.75 Å². The number of carbonyl (C=O) groups excluding carboxylic acids is 1. The second-order valence-corrected chi connectivity index (χ2v) is 6.12. The molecular formula is C18H16FNO4. The highest BCUT2D eigenvalue weighted by Crippen LogP contribution is 2.39. The van der Waals surface area contributed by atoms with Gasteiger partial charge in [-0.3, -0.25) is 4.79 Å². The quantitative estimate of drug-likeness (QED) is 0.939. The van der Waals surface area contributed by atoms with Gasteiger partial charge in [0.1, 0.15) is 11.6 Å². The van der Waals surface area contributed by atoms with Crippen LogP contribution in [0, 0.1) is 5.82 Å². The molecule has 0 unspecified atom stereocenters. The minimum Gasteiger partial charge on any atom is -0.478 e. The summed E-state index contributed by atoms with van der Waals surface area (Å²) in [7, 11) is 0. The van der Waals surface area contributed by atoms with Gasteiger partial charge in [-0.2, -0.15) is 0 Å². The maximum Gasteiger partial charge on any atom is 0.335 e. The molecule has 1 aliphatic heterocycles. The summed E-state index contributed by atoms with van der Waals surface area (Å²) in [5, 5.41) is 9.09. The minimum absolute atomic E-state index is 0.128. The standard InChI is InChI=1S/C18H16FNO4/c1-18(2)17(23)20(14-9-13(19)6-7-15(14)24-18)10-11-4-3-5-12(8-11)16(21)22/h3-9H,10H2,1-2H3,(H,21,22). The lowest BCUT2D eigenvalue weighted by atomic mass is 10.0. The highest BCUT2D eigenvalue weighted by molar-refractivity contribution is 6.02. The second kappa shape index (κ2) is 5.63. The van der Waals surface area contributed by atoms with Gasteiger partial charge >= 0.3 is 5.97 Å². The molecule has 0 radical (unpaired) electrons. The molecule has 0 spiro atoms. The third-order valence-corrected chi connectivity index (χ3v) is 3.85. The molecule has 0 aromatic heterocycles. The van der Waals surface area contributed by atoms with Crippen molar-refractivity contribution in [1.82, 2.24) is 0 Å². The van der Waals surface area contributed by atoms with Gasteiger partial charge < -0.3 is 14.7 Å². The van der Waals surface area contributed by atoms with Gasteiger partial charge in [-0.15, -0.1) is 0 Å². The number of nitrogens with zero attached hydrogens (tertiary/aromatic N) is 1. The normalized spacial score (nSPS) is 15.6. The van der Waals surface area contributed by atoms with Crippen molar-refractivity contribution < 1.29 is 23.8 Å². The Labute approximate surface area is 138 Å². The lowest BCUT2D eigenvalue weighted by Crippen LogP contribution is -2.52. The number of benzene rings is 2. The fourth-order valence-electron chi connectivity index (χ4n) is 2.68. The number of carboxylic acid groups (broad SMARTS) is 1. The molecule has 1 aliphatic rings. The van der Waals surface area contributed by atoms with E-state index in [9.17, 15) is 14.0 Å². The van der Waals surface area contributed by atoms with Crippen LogP contribution in [-0.2, 0) is 11.3 Å². The van der Waals surface area contributed by atoms with Gasteiger partial charge in [0.25, 0.3) is 5.91 Å². The van der Waals surface area contributed by atoms with Crippen molar-refractivity contribution in [3.8, 4) is 5.75 Å². The summed E-state index contributed by atoms with van der Waals surface area (Å²) in [6.07, 6.45) is 0. The number of carbonyl (C=O) groups is 2. The van der Waals surface area contributed by atoms with Gasteiger partial charge in [-0.1, -0.05) is 12.1 Å². The molecule has 1 amide bonds. The Morgan fingerprint density at radius 3 is 2.71 bits per heavy atom. The van der Waals surface area contributed by atoms with Crippen LogP contribution in [-0.4, -0.2) is 22.6 Å². The Morgan fingerprint density at radius 1 is 1.25 bits per heavy atom. The van der Waals surface area contributed by atoms with Gasteiger partial charge in [0, 0.05) is 6.07 Å². The predicted octanol–water partition coefficient (Wildman–Crippen LogP) is 3.23. The lowest BCUT2D eigenvalue weighted by molar-refractivity contribution is -0.132. The number of hydrogen-bond donors (Lipinski definition) is 1. The summed E-state index contributed by atoms with van der Waals surface area (Å²) < 4.78 is 19.3. The van der Waals surface area contributed by atoms with Gasteiger partial charge in [0.2, 0.25) is 0 Å². The summed E-state index contributed by atoms with van der Waals surface area (Å²) in [6, 6.07) is 10.3. The predicted molar refractivity (Wildman–Crippen MR) is 85.7 cm³/mol. The Kier molecular flexibility index (Phi) is 3.75. The summed E-state index contributed by atoms with van der Waals surface area (Å²) >= 11 is 0. The molecule has 0 atom stereocenters. The van der Waals surface area contributed by atoms with Crippen LogP contribution in [0.3, 0.4) is 0 Å². The number of anilines is 1. The highest BCUT2D eigenvalue weighted by Gasteiger charge is 2.41. The van der Waals surface area contributed by atoms with E-state index in [-0.39, 0.29) is 18.0 Å². The first-order valence-electron chi connectivity index (χ1n) is 7.41. The number of ether oxygens (including phenoxy) is 1. The fourth-order valence-corrected chi connectivity index (χ4v) is 2.68. The molecule has 0 fully saturated rings. The van der Waals surface area contributed by atoms with Crippen molar-refractivity contribution in [3.05, 3.63) is 59.4 Å². The molecular weight excluding hydrogens is 313 g/mol. The summed E-state index contributed by atoms with van der Waals surface area (Å²) in [6.45, 7) is 3.41. The maximum atomic E-state index is 13.6. The molecule has 2 aromatic rings. The summed E-state index contributed by atoms with van der Waals surface area (Å²) in [4.78, 5) is 25.2. The zero-order valence-electron chi connectivity index (χ0n) is 13.2. The van der Waals surface area contributed by atoms with Crippen molar-refractivity contribution in [2.75, 3.05) is 4.90 Å². The average Bonchev–Trinajstić information content (AvgIpc) is 2.53. The second-order valence-electron chi connectivity index (χ2n) is 6.12. The van der Waals surface area contributed by atoms with Crippen molar-refractivity contribution in [2.45, 2.75) is 26.0 Å². The van der Waals surface area contributed by atoms with E-state index >= 15 is 0 Å². The Balaban J connectivity index is 2.03. The van der Waals surface area contributed by atoms with Crippen molar-refractivity contribution in [1.29, 1.82) is 0 Å². The van der Waals surface area contributed by atoms with E-state index in [0.29, 0.717) is 17.0 Å². The largest absolute Gasteiger partial charge is 0.478 e. The van der Waals surface area contributed by atoms with Crippen molar-refractivity contribution >= 4 is 17.6 Å². The van der Waals surface area contributed by atoms with Crippen LogP contribution < -0.4 is 9.64 Å². The van der Waals surface area contributed by atoms with Gasteiger partial charge in [-0.05, 0) is 43.7 Å². The fraction of sp³-hybridized carbons (Fsp3) is 0.222. The van der Waals surface area contributed by atoms with Gasteiger partial charge in [0.15, 0.2) is 5.60 Å². The smallest absolute Gasteiger partial charge is 0.335 e. The van der Waals surface area contributed by atoms with Crippen molar-refractivity contribution in [2.24, 2.45) is 0 Å². The third kappa shape index (κ3) is 2.82. The summed E-state index contributed by atoms with van der Waals surface area (Å²) in [5.41, 5.74) is 0.0121. The van der Waals surface area contributed by atoms with E-state index in [2.05, 4.69) is 0 Å². The van der Waals surface area contributed by atoms with Crippen LogP contribution >= 0.6 is 0 Å². The zero-order chi connectivity index (χ0) is 17.5. The molecule has 2 aromatic carbocycles. The average molecular weight is 329 g/mol. The highest BCUT2D eigenvalue weighted by atomic mass is 19.1. The molecule has 1 heterocycles. The minimum atomic E-state index is -1.09. The first-order chi connectivity index (χ1) is 11.3. The number of fused-ring (bicyclic) bond motifs is 1. The third-order valence-electron chi connectivity index (χ3n) is 3.85. The van der Waals surface area contributed by atoms with Crippen LogP contribution in [0.25, 0.3) is 0 Å². The van der Waals surface area contributed by atoms with Gasteiger partial charge in [-0.25, -0.2) is 9.18 Å². The van der Waals surface area contributed by atoms with Gasteiger partial charge in [0.05, 0.1) is 17.8 Å². The Bertz CT molecular complexity index is 832. The molecule has 3 rings (SSSR count). The zero-order valence-corrected chi connectivity index (χ0v) is 13.2. The number of hydrogen-bond acceptors (Lipinski definition) is 3. The van der Waals surface area contributed by atoms with E-state index in [4.69, 9.17) is 9.84 Å². The van der Waals surface area contributed by atoms with Crippen LogP contribution in [0.4, 0.5) is 10.1 Å². The van der Waals surface area contributed by atoms with Crippen LogP contribution in [0.15, 0.2) is 42.5 Å². The number of aromatic carboxylic acids is 1. The molecule has 1 N–H and O–H groups in total. The molecule has 0 aliphatic carbocycles. The number of amides is 1. The monoisotopic (exact) mass is 329 g/mol.